The number of hydrogen-bond acceptors (Lipinski definition) is 3. The van der Waals surface area contributed by atoms with Gasteiger partial charge in [0.05, 0.1) is 6.61 Å². The van der Waals surface area contributed by atoms with Gasteiger partial charge in [-0.15, -0.1) is 24.0 Å². The molecule has 1 saturated heterocycles. The van der Waals surface area contributed by atoms with E-state index < -0.39 is 0 Å². The third kappa shape index (κ3) is 6.95. The normalized spacial score (nSPS) is 16.6. The van der Waals surface area contributed by atoms with Crippen molar-refractivity contribution in [3.8, 4) is 0 Å². The van der Waals surface area contributed by atoms with E-state index in [0.717, 1.165) is 56.4 Å². The lowest BCUT2D eigenvalue weighted by molar-refractivity contribution is 0.0773. The minimum absolute atomic E-state index is 0. The maximum Gasteiger partial charge on any atom is 0.253 e. The predicted molar refractivity (Wildman–Crippen MR) is 121 cm³/mol. The number of rotatable bonds is 7. The van der Waals surface area contributed by atoms with Crippen molar-refractivity contribution in [3.63, 3.8) is 0 Å². The highest BCUT2D eigenvalue weighted by Crippen LogP contribution is 2.13. The Hall–Kier alpha value is -1.35. The summed E-state index contributed by atoms with van der Waals surface area (Å²) in [5, 5.41) is 3.39. The summed E-state index contributed by atoms with van der Waals surface area (Å²) >= 11 is 0. The van der Waals surface area contributed by atoms with Crippen LogP contribution in [0.3, 0.4) is 0 Å². The largest absolute Gasteiger partial charge is 0.381 e. The summed E-state index contributed by atoms with van der Waals surface area (Å²) in [6.07, 6.45) is 1.11. The van der Waals surface area contributed by atoms with E-state index in [-0.39, 0.29) is 29.9 Å². The van der Waals surface area contributed by atoms with Crippen molar-refractivity contribution < 1.29 is 9.53 Å². The Kier molecular flexibility index (Phi) is 10.7. The molecule has 1 heterocycles. The van der Waals surface area contributed by atoms with Crippen LogP contribution in [0.1, 0.15) is 36.2 Å². The van der Waals surface area contributed by atoms with Crippen LogP contribution >= 0.6 is 24.0 Å². The van der Waals surface area contributed by atoms with Crippen LogP contribution in [0, 0.1) is 5.92 Å². The lowest BCUT2D eigenvalue weighted by atomic mass is 10.1. The van der Waals surface area contributed by atoms with Crippen LogP contribution < -0.4 is 5.32 Å². The van der Waals surface area contributed by atoms with Crippen molar-refractivity contribution >= 4 is 35.8 Å². The van der Waals surface area contributed by atoms with Gasteiger partial charge in [0, 0.05) is 58.4 Å². The second-order valence-electron chi connectivity index (χ2n) is 6.69. The highest BCUT2D eigenvalue weighted by atomic mass is 127. The first kappa shape index (κ1) is 23.7. The van der Waals surface area contributed by atoms with Gasteiger partial charge in [0.25, 0.3) is 5.91 Å². The minimum atomic E-state index is 0. The van der Waals surface area contributed by atoms with Gasteiger partial charge < -0.3 is 19.9 Å². The number of hydrogen-bond donors (Lipinski definition) is 1. The molecule has 1 N–H and O–H groups in total. The number of carbonyl (C=O) groups excluding carboxylic acids is 1. The Balaban J connectivity index is 0.00000364. The smallest absolute Gasteiger partial charge is 0.253 e. The van der Waals surface area contributed by atoms with Crippen LogP contribution in [-0.2, 0) is 11.3 Å². The Morgan fingerprint density at radius 2 is 1.93 bits per heavy atom. The van der Waals surface area contributed by atoms with Crippen LogP contribution in [0.4, 0.5) is 0 Å². The maximum absolute atomic E-state index is 12.4. The Morgan fingerprint density at radius 3 is 2.44 bits per heavy atom. The van der Waals surface area contributed by atoms with E-state index in [4.69, 9.17) is 4.74 Å². The molecule has 27 heavy (non-hydrogen) atoms. The SMILES string of the molecule is CCN(CC)C(=O)c1ccc(CNC(=NC)N(C)CC2CCOC2)cc1.I. The molecule has 1 aromatic rings. The van der Waals surface area contributed by atoms with Crippen LogP contribution in [0.5, 0.6) is 0 Å². The molecule has 2 rings (SSSR count). The number of ether oxygens (including phenoxy) is 1. The molecular weight excluding hydrogens is 455 g/mol. The lowest BCUT2D eigenvalue weighted by Gasteiger charge is -2.24. The summed E-state index contributed by atoms with van der Waals surface area (Å²) in [6.45, 7) is 8.78. The summed E-state index contributed by atoms with van der Waals surface area (Å²) in [5.74, 6) is 1.54. The zero-order valence-corrected chi connectivity index (χ0v) is 19.2. The van der Waals surface area contributed by atoms with Crippen molar-refractivity contribution in [1.29, 1.82) is 0 Å². The molecule has 1 aromatic carbocycles. The van der Waals surface area contributed by atoms with Gasteiger partial charge in [-0.3, -0.25) is 9.79 Å². The molecular formula is C20H33IN4O2. The number of guanidine groups is 1. The number of nitrogens with one attached hydrogen (secondary N) is 1. The van der Waals surface area contributed by atoms with Gasteiger partial charge in [0.15, 0.2) is 5.96 Å². The van der Waals surface area contributed by atoms with E-state index in [2.05, 4.69) is 22.3 Å². The van der Waals surface area contributed by atoms with Crippen molar-refractivity contribution in [2.24, 2.45) is 10.9 Å². The van der Waals surface area contributed by atoms with Crippen molar-refractivity contribution in [2.75, 3.05) is 46.9 Å². The molecule has 7 heteroatoms. The predicted octanol–water partition coefficient (Wildman–Crippen LogP) is 2.83. The molecule has 1 atom stereocenters. The quantitative estimate of drug-likeness (QED) is 0.365. The average molecular weight is 488 g/mol. The monoisotopic (exact) mass is 488 g/mol. The topological polar surface area (TPSA) is 57.2 Å². The van der Waals surface area contributed by atoms with Gasteiger partial charge in [0.1, 0.15) is 0 Å². The number of amides is 1. The molecule has 0 radical (unpaired) electrons. The van der Waals surface area contributed by atoms with Gasteiger partial charge in [-0.1, -0.05) is 12.1 Å². The molecule has 0 saturated carbocycles. The molecule has 0 bridgehead atoms. The minimum Gasteiger partial charge on any atom is -0.381 e. The Morgan fingerprint density at radius 1 is 1.26 bits per heavy atom. The van der Waals surface area contributed by atoms with E-state index in [1.807, 2.05) is 43.0 Å². The molecule has 1 unspecified atom stereocenters. The van der Waals surface area contributed by atoms with Crippen LogP contribution in [0.2, 0.25) is 0 Å². The van der Waals surface area contributed by atoms with E-state index >= 15 is 0 Å². The first-order valence-corrected chi connectivity index (χ1v) is 9.46. The second-order valence-corrected chi connectivity index (χ2v) is 6.69. The van der Waals surface area contributed by atoms with E-state index in [1.54, 1.807) is 7.05 Å². The number of aliphatic imine (C=N–C) groups is 1. The third-order valence-corrected chi connectivity index (χ3v) is 4.83. The molecule has 0 aliphatic carbocycles. The fraction of sp³-hybridized carbons (Fsp3) is 0.600. The lowest BCUT2D eigenvalue weighted by Crippen LogP contribution is -2.41. The second kappa shape index (κ2) is 12.2. The van der Waals surface area contributed by atoms with Gasteiger partial charge >= 0.3 is 0 Å². The summed E-state index contributed by atoms with van der Waals surface area (Å²) in [4.78, 5) is 20.7. The number of halogens is 1. The Bertz CT molecular complexity index is 597. The van der Waals surface area contributed by atoms with E-state index in [0.29, 0.717) is 12.5 Å². The standard InChI is InChI=1S/C20H32N4O2.HI/c1-5-24(6-2)19(25)18-9-7-16(8-10-18)13-22-20(21-3)23(4)14-17-11-12-26-15-17;/h7-10,17H,5-6,11-15H2,1-4H3,(H,21,22);1H. The van der Waals surface area contributed by atoms with Crippen LogP contribution in [0.25, 0.3) is 0 Å². The highest BCUT2D eigenvalue weighted by molar-refractivity contribution is 14.0. The fourth-order valence-electron chi connectivity index (χ4n) is 3.23. The maximum atomic E-state index is 12.4. The summed E-state index contributed by atoms with van der Waals surface area (Å²) in [6, 6.07) is 7.81. The molecule has 1 fully saturated rings. The van der Waals surface area contributed by atoms with E-state index in [9.17, 15) is 4.79 Å². The molecule has 1 amide bonds. The zero-order chi connectivity index (χ0) is 18.9. The summed E-state index contributed by atoms with van der Waals surface area (Å²) in [5.41, 5.74) is 1.86. The molecule has 152 valence electrons. The van der Waals surface area contributed by atoms with Gasteiger partial charge in [-0.05, 0) is 38.0 Å². The first-order valence-electron chi connectivity index (χ1n) is 9.46. The van der Waals surface area contributed by atoms with Crippen molar-refractivity contribution in [3.05, 3.63) is 35.4 Å². The first-order chi connectivity index (χ1) is 12.6. The third-order valence-electron chi connectivity index (χ3n) is 4.83. The number of benzene rings is 1. The van der Waals surface area contributed by atoms with Crippen molar-refractivity contribution in [1.82, 2.24) is 15.1 Å². The zero-order valence-electron chi connectivity index (χ0n) is 16.9. The Labute approximate surface area is 180 Å². The highest BCUT2D eigenvalue weighted by Gasteiger charge is 2.19. The summed E-state index contributed by atoms with van der Waals surface area (Å²) in [7, 11) is 3.86. The molecule has 0 spiro atoms. The molecule has 6 nitrogen and oxygen atoms in total. The molecule has 1 aliphatic heterocycles. The number of nitrogens with zero attached hydrogens (tertiary/aromatic N) is 3. The number of carbonyl (C=O) groups is 1. The van der Waals surface area contributed by atoms with Crippen LogP contribution in [-0.4, -0.2) is 68.6 Å². The van der Waals surface area contributed by atoms with Gasteiger partial charge in [-0.25, -0.2) is 0 Å². The van der Waals surface area contributed by atoms with Crippen LogP contribution in [0.15, 0.2) is 29.3 Å². The van der Waals surface area contributed by atoms with Crippen molar-refractivity contribution in [2.45, 2.75) is 26.8 Å². The van der Waals surface area contributed by atoms with Gasteiger partial charge in [0.2, 0.25) is 0 Å². The average Bonchev–Trinajstić information content (AvgIpc) is 3.16. The van der Waals surface area contributed by atoms with Gasteiger partial charge in [-0.2, -0.15) is 0 Å². The molecule has 1 aliphatic rings. The molecule has 0 aromatic heterocycles. The summed E-state index contributed by atoms with van der Waals surface area (Å²) < 4.78 is 5.45. The van der Waals surface area contributed by atoms with E-state index in [1.165, 1.54) is 0 Å². The fourth-order valence-corrected chi connectivity index (χ4v) is 3.23.